The molecule has 152 valence electrons. The standard InChI is InChI=1S/C22H23F2N3O2/c1-25-6-2-3-18(25)21(28)22(29)27-12-17(14-9-15(23)11-16(24)10-14)20-19(27)13-4-7-26(20)8-5-13/h2-3,6,9-11,13,17,19-20H,4-5,7-8,12H2,1H3/t17-,19-,20-/m1/s1. The predicted molar refractivity (Wildman–Crippen MR) is 102 cm³/mol. The number of likely N-dealkylation sites (tertiary alicyclic amines) is 1. The summed E-state index contributed by atoms with van der Waals surface area (Å²) in [4.78, 5) is 30.2. The van der Waals surface area contributed by atoms with Gasteiger partial charge >= 0.3 is 0 Å². The molecule has 4 saturated heterocycles. The molecule has 3 atom stereocenters. The number of piperidine rings is 3. The molecule has 4 fully saturated rings. The number of hydrogen-bond acceptors (Lipinski definition) is 3. The molecule has 2 bridgehead atoms. The first-order chi connectivity index (χ1) is 13.9. The van der Waals surface area contributed by atoms with Gasteiger partial charge in [-0.15, -0.1) is 0 Å². The van der Waals surface area contributed by atoms with Crippen LogP contribution in [0.15, 0.2) is 36.5 Å². The number of hydrogen-bond donors (Lipinski definition) is 0. The maximum Gasteiger partial charge on any atom is 0.296 e. The first-order valence-corrected chi connectivity index (χ1v) is 10.1. The van der Waals surface area contributed by atoms with E-state index in [1.807, 2.05) is 0 Å². The third kappa shape index (κ3) is 2.90. The van der Waals surface area contributed by atoms with Crippen molar-refractivity contribution in [2.75, 3.05) is 19.6 Å². The molecule has 4 aliphatic rings. The number of carbonyl (C=O) groups excluding carboxylic acids is 2. The molecule has 2 aromatic rings. The van der Waals surface area contributed by atoms with E-state index < -0.39 is 23.3 Å². The minimum absolute atomic E-state index is 0.00568. The summed E-state index contributed by atoms with van der Waals surface area (Å²) in [5, 5.41) is 0. The topological polar surface area (TPSA) is 45.6 Å². The summed E-state index contributed by atoms with van der Waals surface area (Å²) < 4.78 is 29.5. The van der Waals surface area contributed by atoms with E-state index in [-0.39, 0.29) is 18.0 Å². The lowest BCUT2D eigenvalue weighted by atomic mass is 9.75. The van der Waals surface area contributed by atoms with Crippen LogP contribution in [0.5, 0.6) is 0 Å². The van der Waals surface area contributed by atoms with Crippen LogP contribution >= 0.6 is 0 Å². The molecule has 0 aliphatic carbocycles. The number of ketones is 1. The van der Waals surface area contributed by atoms with E-state index in [2.05, 4.69) is 4.90 Å². The van der Waals surface area contributed by atoms with Gasteiger partial charge in [-0.2, -0.15) is 0 Å². The third-order valence-corrected chi connectivity index (χ3v) is 6.94. The van der Waals surface area contributed by atoms with Gasteiger partial charge in [0.25, 0.3) is 11.7 Å². The number of benzene rings is 1. The van der Waals surface area contributed by atoms with Gasteiger partial charge in [0, 0.05) is 37.8 Å². The fourth-order valence-electron chi connectivity index (χ4n) is 5.67. The SMILES string of the molecule is Cn1cccc1C(=O)C(=O)N1C[C@H](c2cc(F)cc(F)c2)[C@@H]2[C@H]1C1CCN2CC1. The molecule has 29 heavy (non-hydrogen) atoms. The monoisotopic (exact) mass is 399 g/mol. The zero-order valence-electron chi connectivity index (χ0n) is 16.2. The lowest BCUT2D eigenvalue weighted by molar-refractivity contribution is -0.131. The fraction of sp³-hybridized carbons (Fsp3) is 0.455. The van der Waals surface area contributed by atoms with E-state index in [1.54, 1.807) is 34.8 Å². The number of nitrogens with zero attached hydrogens (tertiary/aromatic N) is 3. The molecular formula is C22H23F2N3O2. The summed E-state index contributed by atoms with van der Waals surface area (Å²) in [6.07, 6.45) is 3.70. The Morgan fingerprint density at radius 1 is 1.03 bits per heavy atom. The van der Waals surface area contributed by atoms with Gasteiger partial charge in [-0.05, 0) is 61.7 Å². The molecule has 0 saturated carbocycles. The summed E-state index contributed by atoms with van der Waals surface area (Å²) in [5.41, 5.74) is 0.916. The van der Waals surface area contributed by atoms with Gasteiger partial charge < -0.3 is 9.47 Å². The highest BCUT2D eigenvalue weighted by molar-refractivity contribution is 6.42. The van der Waals surface area contributed by atoms with Crippen molar-refractivity contribution in [3.63, 3.8) is 0 Å². The molecule has 0 unspecified atom stereocenters. The fourth-order valence-corrected chi connectivity index (χ4v) is 5.67. The van der Waals surface area contributed by atoms with Gasteiger partial charge in [-0.3, -0.25) is 14.5 Å². The molecule has 1 aromatic heterocycles. The molecule has 1 aromatic carbocycles. The van der Waals surface area contributed by atoms with Gasteiger partial charge in [0.2, 0.25) is 0 Å². The Hall–Kier alpha value is -2.54. The largest absolute Gasteiger partial charge is 0.348 e. The summed E-state index contributed by atoms with van der Waals surface area (Å²) in [7, 11) is 1.74. The molecule has 0 radical (unpaired) electrons. The average Bonchev–Trinajstić information content (AvgIpc) is 3.32. The zero-order chi connectivity index (χ0) is 20.3. The van der Waals surface area contributed by atoms with Crippen molar-refractivity contribution in [3.8, 4) is 0 Å². The number of carbonyl (C=O) groups is 2. The Morgan fingerprint density at radius 3 is 2.34 bits per heavy atom. The average molecular weight is 399 g/mol. The van der Waals surface area contributed by atoms with Gasteiger partial charge in [0.05, 0.1) is 11.7 Å². The first-order valence-electron chi connectivity index (χ1n) is 10.1. The molecule has 4 aliphatic heterocycles. The second kappa shape index (κ2) is 6.76. The minimum atomic E-state index is -0.614. The lowest BCUT2D eigenvalue weighted by Crippen LogP contribution is -2.61. The number of fused-ring (bicyclic) bond motifs is 2. The van der Waals surface area contributed by atoms with E-state index in [9.17, 15) is 18.4 Å². The van der Waals surface area contributed by atoms with Crippen LogP contribution in [0, 0.1) is 17.6 Å². The Bertz CT molecular complexity index is 960. The van der Waals surface area contributed by atoms with E-state index in [4.69, 9.17) is 0 Å². The Labute approximate surface area is 167 Å². The second-order valence-corrected chi connectivity index (χ2v) is 8.45. The summed E-state index contributed by atoms with van der Waals surface area (Å²) in [6, 6.07) is 6.87. The van der Waals surface area contributed by atoms with Gasteiger partial charge in [-0.25, -0.2) is 8.78 Å². The zero-order valence-corrected chi connectivity index (χ0v) is 16.2. The van der Waals surface area contributed by atoms with Crippen LogP contribution < -0.4 is 0 Å². The highest BCUT2D eigenvalue weighted by Crippen LogP contribution is 2.46. The van der Waals surface area contributed by atoms with Crippen molar-refractivity contribution >= 4 is 11.7 Å². The lowest BCUT2D eigenvalue weighted by Gasteiger charge is -2.51. The van der Waals surface area contributed by atoms with Crippen LogP contribution in [0.2, 0.25) is 0 Å². The van der Waals surface area contributed by atoms with Crippen LogP contribution in [0.3, 0.4) is 0 Å². The van der Waals surface area contributed by atoms with Crippen LogP contribution in [0.1, 0.15) is 34.8 Å². The van der Waals surface area contributed by atoms with Crippen LogP contribution in [0.4, 0.5) is 8.78 Å². The highest BCUT2D eigenvalue weighted by atomic mass is 19.1. The van der Waals surface area contributed by atoms with E-state index in [0.29, 0.717) is 23.7 Å². The minimum Gasteiger partial charge on any atom is -0.348 e. The molecular weight excluding hydrogens is 376 g/mol. The van der Waals surface area contributed by atoms with Crippen molar-refractivity contribution in [2.45, 2.75) is 30.8 Å². The summed E-state index contributed by atoms with van der Waals surface area (Å²) >= 11 is 0. The number of Topliss-reactive ketones (excluding diaryl/α,β-unsaturated/α-hetero) is 1. The highest BCUT2D eigenvalue weighted by Gasteiger charge is 2.55. The van der Waals surface area contributed by atoms with E-state index in [1.165, 1.54) is 12.1 Å². The molecule has 0 spiro atoms. The van der Waals surface area contributed by atoms with E-state index in [0.717, 1.165) is 32.0 Å². The molecule has 0 N–H and O–H groups in total. The number of aryl methyl sites for hydroxylation is 1. The quantitative estimate of drug-likeness (QED) is 0.589. The van der Waals surface area contributed by atoms with E-state index >= 15 is 0 Å². The second-order valence-electron chi connectivity index (χ2n) is 8.45. The number of aromatic nitrogens is 1. The number of rotatable bonds is 3. The maximum absolute atomic E-state index is 13.9. The molecule has 1 amide bonds. The van der Waals surface area contributed by atoms with Gasteiger partial charge in [-0.1, -0.05) is 0 Å². The van der Waals surface area contributed by atoms with Crippen molar-refractivity contribution < 1.29 is 18.4 Å². The molecule has 7 heteroatoms. The first kappa shape index (κ1) is 18.5. The number of amides is 1. The Kier molecular flexibility index (Phi) is 4.31. The van der Waals surface area contributed by atoms with Crippen LogP contribution in [-0.4, -0.2) is 57.8 Å². The molecule has 6 rings (SSSR count). The van der Waals surface area contributed by atoms with Crippen molar-refractivity contribution in [1.82, 2.24) is 14.4 Å². The molecule has 5 nitrogen and oxygen atoms in total. The normalized spacial score (nSPS) is 30.4. The maximum atomic E-state index is 13.9. The van der Waals surface area contributed by atoms with Crippen molar-refractivity contribution in [3.05, 3.63) is 59.4 Å². The van der Waals surface area contributed by atoms with Crippen LogP contribution in [-0.2, 0) is 11.8 Å². The Balaban J connectivity index is 1.52. The van der Waals surface area contributed by atoms with Crippen molar-refractivity contribution in [1.29, 1.82) is 0 Å². The van der Waals surface area contributed by atoms with Gasteiger partial charge in [0.1, 0.15) is 11.6 Å². The summed E-state index contributed by atoms with van der Waals surface area (Å²) in [5.74, 6) is -2.17. The van der Waals surface area contributed by atoms with Crippen molar-refractivity contribution in [2.24, 2.45) is 13.0 Å². The predicted octanol–water partition coefficient (Wildman–Crippen LogP) is 2.57. The van der Waals surface area contributed by atoms with Crippen LogP contribution in [0.25, 0.3) is 0 Å². The summed E-state index contributed by atoms with van der Waals surface area (Å²) in [6.45, 7) is 2.15. The Morgan fingerprint density at radius 2 is 1.72 bits per heavy atom. The number of halogens is 2. The third-order valence-electron chi connectivity index (χ3n) is 6.94. The molecule has 5 heterocycles. The van der Waals surface area contributed by atoms with Gasteiger partial charge in [0.15, 0.2) is 0 Å². The smallest absolute Gasteiger partial charge is 0.296 e.